The second kappa shape index (κ2) is 8.95. The van der Waals surface area contributed by atoms with Gasteiger partial charge in [0.1, 0.15) is 6.04 Å². The van der Waals surface area contributed by atoms with Gasteiger partial charge in [0.25, 0.3) is 0 Å². The molecule has 0 saturated carbocycles. The van der Waals surface area contributed by atoms with Crippen LogP contribution >= 0.6 is 0 Å². The molecule has 0 aliphatic carbocycles. The van der Waals surface area contributed by atoms with E-state index in [1.165, 1.54) is 7.11 Å². The summed E-state index contributed by atoms with van der Waals surface area (Å²) in [5.41, 5.74) is 0. The summed E-state index contributed by atoms with van der Waals surface area (Å²) in [6, 6.07) is -0.904. The van der Waals surface area contributed by atoms with Crippen molar-refractivity contribution < 1.29 is 19.1 Å². The molecule has 0 fully saturated rings. The van der Waals surface area contributed by atoms with Gasteiger partial charge in [0.15, 0.2) is 0 Å². The van der Waals surface area contributed by atoms with Crippen molar-refractivity contribution in [3.63, 3.8) is 0 Å². The number of ether oxygens (including phenoxy) is 2. The quantitative estimate of drug-likeness (QED) is 0.453. The first-order chi connectivity index (χ1) is 8.06. The van der Waals surface area contributed by atoms with Crippen LogP contribution in [-0.2, 0) is 19.1 Å². The number of hydrogen-bond donors (Lipinski definition) is 2. The van der Waals surface area contributed by atoms with E-state index >= 15 is 0 Å². The van der Waals surface area contributed by atoms with E-state index in [-0.39, 0.29) is 11.9 Å². The summed E-state index contributed by atoms with van der Waals surface area (Å²) in [6.45, 7) is 4.47. The minimum absolute atomic E-state index is 0.163. The monoisotopic (exact) mass is 246 g/mol. The van der Waals surface area contributed by atoms with Crippen LogP contribution in [0.3, 0.4) is 0 Å². The summed E-state index contributed by atoms with van der Waals surface area (Å²) in [5, 5.41) is 5.61. The van der Waals surface area contributed by atoms with Crippen molar-refractivity contribution in [2.45, 2.75) is 32.4 Å². The van der Waals surface area contributed by atoms with Crippen molar-refractivity contribution in [2.24, 2.45) is 0 Å². The van der Waals surface area contributed by atoms with E-state index in [2.05, 4.69) is 15.4 Å². The molecule has 0 aliphatic rings. The van der Waals surface area contributed by atoms with E-state index in [9.17, 15) is 9.59 Å². The highest BCUT2D eigenvalue weighted by atomic mass is 16.5. The predicted octanol–water partition coefficient (Wildman–Crippen LogP) is -0.321. The fourth-order valence-corrected chi connectivity index (χ4v) is 1.30. The van der Waals surface area contributed by atoms with Crippen LogP contribution in [0, 0.1) is 0 Å². The van der Waals surface area contributed by atoms with Crippen LogP contribution in [0.25, 0.3) is 0 Å². The number of esters is 1. The van der Waals surface area contributed by atoms with Crippen molar-refractivity contribution in [1.29, 1.82) is 0 Å². The topological polar surface area (TPSA) is 76.7 Å². The normalized spacial score (nSPS) is 13.9. The van der Waals surface area contributed by atoms with Crippen molar-refractivity contribution in [2.75, 3.05) is 27.4 Å². The van der Waals surface area contributed by atoms with Crippen molar-refractivity contribution in [3.8, 4) is 0 Å². The van der Waals surface area contributed by atoms with Gasteiger partial charge in [-0.05, 0) is 13.3 Å². The van der Waals surface area contributed by atoms with Gasteiger partial charge in [-0.1, -0.05) is 6.92 Å². The summed E-state index contributed by atoms with van der Waals surface area (Å²) < 4.78 is 9.45. The molecule has 0 spiro atoms. The SMILES string of the molecule is CCC(NC(C)C(=O)NCCOC)C(=O)OC. The maximum Gasteiger partial charge on any atom is 0.322 e. The lowest BCUT2D eigenvalue weighted by molar-refractivity contribution is -0.143. The molecule has 6 nitrogen and oxygen atoms in total. The van der Waals surface area contributed by atoms with E-state index in [1.54, 1.807) is 14.0 Å². The van der Waals surface area contributed by atoms with Gasteiger partial charge in [0.05, 0.1) is 19.8 Å². The summed E-state index contributed by atoms with van der Waals surface area (Å²) in [5.74, 6) is -0.520. The number of hydrogen-bond acceptors (Lipinski definition) is 5. The summed E-state index contributed by atoms with van der Waals surface area (Å²) in [6.07, 6.45) is 0.572. The summed E-state index contributed by atoms with van der Waals surface area (Å²) in [4.78, 5) is 22.9. The highest BCUT2D eigenvalue weighted by Crippen LogP contribution is 1.96. The highest BCUT2D eigenvalue weighted by molar-refractivity contribution is 5.83. The Hall–Kier alpha value is -1.14. The summed E-state index contributed by atoms with van der Waals surface area (Å²) in [7, 11) is 2.90. The third-order valence-corrected chi connectivity index (χ3v) is 2.34. The predicted molar refractivity (Wildman–Crippen MR) is 63.6 cm³/mol. The third kappa shape index (κ3) is 6.23. The molecule has 0 bridgehead atoms. The van der Waals surface area contributed by atoms with E-state index in [1.807, 2.05) is 6.92 Å². The minimum atomic E-state index is -0.455. The fourth-order valence-electron chi connectivity index (χ4n) is 1.30. The molecule has 0 radical (unpaired) electrons. The van der Waals surface area contributed by atoms with Crippen LogP contribution in [0.1, 0.15) is 20.3 Å². The van der Waals surface area contributed by atoms with E-state index in [4.69, 9.17) is 4.74 Å². The Labute approximate surface area is 102 Å². The maximum absolute atomic E-state index is 11.6. The van der Waals surface area contributed by atoms with Crippen molar-refractivity contribution >= 4 is 11.9 Å². The minimum Gasteiger partial charge on any atom is -0.468 e. The molecular formula is C11H22N2O4. The number of nitrogens with one attached hydrogen (secondary N) is 2. The van der Waals surface area contributed by atoms with Crippen molar-refractivity contribution in [3.05, 3.63) is 0 Å². The van der Waals surface area contributed by atoms with Crippen LogP contribution in [0.15, 0.2) is 0 Å². The molecule has 0 rings (SSSR count). The Morgan fingerprint density at radius 3 is 2.41 bits per heavy atom. The second-order valence-electron chi connectivity index (χ2n) is 3.66. The Balaban J connectivity index is 4.07. The van der Waals surface area contributed by atoms with Gasteiger partial charge < -0.3 is 14.8 Å². The maximum atomic E-state index is 11.6. The zero-order chi connectivity index (χ0) is 13.3. The zero-order valence-electron chi connectivity index (χ0n) is 10.9. The number of carbonyl (C=O) groups is 2. The molecule has 0 aromatic heterocycles. The molecule has 0 saturated heterocycles. The molecule has 2 unspecified atom stereocenters. The first-order valence-corrected chi connectivity index (χ1v) is 5.67. The lowest BCUT2D eigenvalue weighted by Gasteiger charge is -2.19. The summed E-state index contributed by atoms with van der Waals surface area (Å²) >= 11 is 0. The van der Waals surface area contributed by atoms with Gasteiger partial charge >= 0.3 is 5.97 Å². The van der Waals surface area contributed by atoms with Gasteiger partial charge in [0.2, 0.25) is 5.91 Å². The second-order valence-corrected chi connectivity index (χ2v) is 3.66. The molecular weight excluding hydrogens is 224 g/mol. The number of rotatable bonds is 8. The van der Waals surface area contributed by atoms with Gasteiger partial charge in [-0.15, -0.1) is 0 Å². The average Bonchev–Trinajstić information content (AvgIpc) is 2.34. The molecule has 2 N–H and O–H groups in total. The first-order valence-electron chi connectivity index (χ1n) is 5.67. The van der Waals surface area contributed by atoms with Gasteiger partial charge in [-0.25, -0.2) is 0 Å². The van der Waals surface area contributed by atoms with Crippen LogP contribution in [0.5, 0.6) is 0 Å². The number of amides is 1. The zero-order valence-corrected chi connectivity index (χ0v) is 10.9. The van der Waals surface area contributed by atoms with Gasteiger partial charge in [-0.2, -0.15) is 0 Å². The van der Waals surface area contributed by atoms with Crippen LogP contribution in [-0.4, -0.2) is 51.3 Å². The lowest BCUT2D eigenvalue weighted by Crippen LogP contribution is -2.49. The molecule has 6 heteroatoms. The average molecular weight is 246 g/mol. The molecule has 0 aromatic rings. The molecule has 0 aromatic carbocycles. The smallest absolute Gasteiger partial charge is 0.322 e. The number of carbonyl (C=O) groups excluding carboxylic acids is 2. The van der Waals surface area contributed by atoms with Crippen LogP contribution < -0.4 is 10.6 Å². The van der Waals surface area contributed by atoms with Gasteiger partial charge in [0, 0.05) is 13.7 Å². The van der Waals surface area contributed by atoms with Gasteiger partial charge in [-0.3, -0.25) is 14.9 Å². The van der Waals surface area contributed by atoms with E-state index < -0.39 is 12.1 Å². The lowest BCUT2D eigenvalue weighted by atomic mass is 10.2. The van der Waals surface area contributed by atoms with E-state index in [0.29, 0.717) is 19.6 Å². The highest BCUT2D eigenvalue weighted by Gasteiger charge is 2.22. The molecule has 17 heavy (non-hydrogen) atoms. The first kappa shape index (κ1) is 15.9. The molecule has 100 valence electrons. The van der Waals surface area contributed by atoms with Crippen LogP contribution in [0.2, 0.25) is 0 Å². The molecule has 2 atom stereocenters. The Morgan fingerprint density at radius 2 is 1.94 bits per heavy atom. The Morgan fingerprint density at radius 1 is 1.29 bits per heavy atom. The Kier molecular flexibility index (Phi) is 8.35. The third-order valence-electron chi connectivity index (χ3n) is 2.34. The fraction of sp³-hybridized carbons (Fsp3) is 0.818. The molecule has 1 amide bonds. The molecule has 0 heterocycles. The standard InChI is InChI=1S/C11H22N2O4/c1-5-9(11(15)17-4)13-8(2)10(14)12-6-7-16-3/h8-9,13H,5-7H2,1-4H3,(H,12,14). The van der Waals surface area contributed by atoms with Crippen LogP contribution in [0.4, 0.5) is 0 Å². The van der Waals surface area contributed by atoms with E-state index in [0.717, 1.165) is 0 Å². The number of methoxy groups -OCH3 is 2. The largest absolute Gasteiger partial charge is 0.468 e. The van der Waals surface area contributed by atoms with Crippen molar-refractivity contribution in [1.82, 2.24) is 10.6 Å². The molecule has 0 aliphatic heterocycles. The Bertz CT molecular complexity index is 246.